The van der Waals surface area contributed by atoms with Gasteiger partial charge in [-0.1, -0.05) is 13.8 Å². The molecule has 0 aliphatic rings. The highest BCUT2D eigenvalue weighted by Gasteiger charge is 2.08. The molecule has 4 nitrogen and oxygen atoms in total. The molecule has 0 fully saturated rings. The molecular formula is C11H11ClN4. The Hall–Kier alpha value is -1.55. The standard InChI is InChI=1S/C11H11ClN4/c1-7(2)9-3-10(16-11(12)15-9)8-4-13-6-14-5-8/h3-7H,1-2H3. The van der Waals surface area contributed by atoms with Crippen molar-refractivity contribution >= 4 is 11.6 Å². The highest BCUT2D eigenvalue weighted by atomic mass is 35.5. The van der Waals surface area contributed by atoms with Gasteiger partial charge in [-0.05, 0) is 23.6 Å². The van der Waals surface area contributed by atoms with Gasteiger partial charge in [0, 0.05) is 23.7 Å². The lowest BCUT2D eigenvalue weighted by Gasteiger charge is -2.07. The predicted molar refractivity (Wildman–Crippen MR) is 62.2 cm³/mol. The Bertz CT molecular complexity index is 485. The first-order chi connectivity index (χ1) is 7.66. The van der Waals surface area contributed by atoms with Crippen LogP contribution in [0.1, 0.15) is 25.5 Å². The van der Waals surface area contributed by atoms with Gasteiger partial charge in [0.25, 0.3) is 0 Å². The minimum atomic E-state index is 0.255. The Morgan fingerprint density at radius 2 is 1.81 bits per heavy atom. The molecule has 0 saturated carbocycles. The fourth-order valence-corrected chi connectivity index (χ4v) is 1.50. The molecule has 0 aliphatic carbocycles. The monoisotopic (exact) mass is 234 g/mol. The molecule has 2 aromatic heterocycles. The molecule has 0 amide bonds. The third-order valence-corrected chi connectivity index (χ3v) is 2.34. The third-order valence-electron chi connectivity index (χ3n) is 2.17. The molecule has 0 bridgehead atoms. The molecule has 0 atom stereocenters. The predicted octanol–water partition coefficient (Wildman–Crippen LogP) is 2.71. The Morgan fingerprint density at radius 1 is 1.12 bits per heavy atom. The van der Waals surface area contributed by atoms with Gasteiger partial charge in [0.15, 0.2) is 0 Å². The van der Waals surface area contributed by atoms with E-state index in [4.69, 9.17) is 11.6 Å². The molecule has 82 valence electrons. The van der Waals surface area contributed by atoms with Gasteiger partial charge in [0.2, 0.25) is 5.28 Å². The van der Waals surface area contributed by atoms with E-state index in [1.165, 1.54) is 6.33 Å². The van der Waals surface area contributed by atoms with Crippen molar-refractivity contribution in [2.24, 2.45) is 0 Å². The summed E-state index contributed by atoms with van der Waals surface area (Å²) < 4.78 is 0. The maximum Gasteiger partial charge on any atom is 0.223 e. The van der Waals surface area contributed by atoms with Gasteiger partial charge in [0.1, 0.15) is 6.33 Å². The number of halogens is 1. The zero-order chi connectivity index (χ0) is 11.5. The summed E-state index contributed by atoms with van der Waals surface area (Å²) >= 11 is 5.88. The number of rotatable bonds is 2. The summed E-state index contributed by atoms with van der Waals surface area (Å²) in [6.45, 7) is 4.12. The van der Waals surface area contributed by atoms with Crippen LogP contribution in [0.5, 0.6) is 0 Å². The highest BCUT2D eigenvalue weighted by molar-refractivity contribution is 6.28. The third kappa shape index (κ3) is 2.33. The van der Waals surface area contributed by atoms with Crippen LogP contribution in [0.3, 0.4) is 0 Å². The van der Waals surface area contributed by atoms with Gasteiger partial charge < -0.3 is 0 Å². The second kappa shape index (κ2) is 4.53. The molecule has 2 heterocycles. The van der Waals surface area contributed by atoms with E-state index in [9.17, 15) is 0 Å². The lowest BCUT2D eigenvalue weighted by atomic mass is 10.1. The average Bonchev–Trinajstić information content (AvgIpc) is 2.29. The van der Waals surface area contributed by atoms with Crippen LogP contribution in [-0.2, 0) is 0 Å². The van der Waals surface area contributed by atoms with Crippen LogP contribution in [0.2, 0.25) is 5.28 Å². The van der Waals surface area contributed by atoms with Crippen molar-refractivity contribution in [2.45, 2.75) is 19.8 Å². The van der Waals surface area contributed by atoms with E-state index in [1.807, 2.05) is 6.07 Å². The summed E-state index contributed by atoms with van der Waals surface area (Å²) in [5, 5.41) is 0.255. The van der Waals surface area contributed by atoms with Crippen molar-refractivity contribution in [3.63, 3.8) is 0 Å². The number of nitrogens with zero attached hydrogens (tertiary/aromatic N) is 4. The fraction of sp³-hybridized carbons (Fsp3) is 0.273. The molecule has 2 aromatic rings. The Labute approximate surface area is 98.8 Å². The molecular weight excluding hydrogens is 224 g/mol. The fourth-order valence-electron chi connectivity index (χ4n) is 1.31. The average molecular weight is 235 g/mol. The lowest BCUT2D eigenvalue weighted by molar-refractivity contribution is 0.815. The van der Waals surface area contributed by atoms with Crippen LogP contribution in [0.4, 0.5) is 0 Å². The van der Waals surface area contributed by atoms with Crippen molar-refractivity contribution in [3.05, 3.63) is 35.8 Å². The molecule has 2 rings (SSSR count). The number of aromatic nitrogens is 4. The first-order valence-electron chi connectivity index (χ1n) is 4.96. The minimum absolute atomic E-state index is 0.255. The summed E-state index contributed by atoms with van der Waals surface area (Å²) in [5.74, 6) is 0.309. The van der Waals surface area contributed by atoms with Gasteiger partial charge in [-0.2, -0.15) is 0 Å². The first kappa shape index (κ1) is 11.0. The van der Waals surface area contributed by atoms with Gasteiger partial charge in [-0.3, -0.25) is 0 Å². The van der Waals surface area contributed by atoms with E-state index in [0.717, 1.165) is 17.0 Å². The Kier molecular flexibility index (Phi) is 3.10. The smallest absolute Gasteiger partial charge is 0.223 e. The molecule has 0 saturated heterocycles. The summed E-state index contributed by atoms with van der Waals surface area (Å²) in [4.78, 5) is 16.2. The first-order valence-corrected chi connectivity index (χ1v) is 5.34. The van der Waals surface area contributed by atoms with Crippen LogP contribution >= 0.6 is 11.6 Å². The molecule has 5 heteroatoms. The van der Waals surface area contributed by atoms with E-state index in [-0.39, 0.29) is 5.28 Å². The second-order valence-electron chi connectivity index (χ2n) is 3.73. The zero-order valence-corrected chi connectivity index (χ0v) is 9.81. The van der Waals surface area contributed by atoms with Crippen molar-refractivity contribution in [1.82, 2.24) is 19.9 Å². The normalized spacial score (nSPS) is 10.8. The SMILES string of the molecule is CC(C)c1cc(-c2cncnc2)nc(Cl)n1. The van der Waals surface area contributed by atoms with Gasteiger partial charge in [-0.15, -0.1) is 0 Å². The maximum absolute atomic E-state index is 5.88. The van der Waals surface area contributed by atoms with Gasteiger partial charge in [0.05, 0.1) is 5.69 Å². The summed E-state index contributed by atoms with van der Waals surface area (Å²) in [6.07, 6.45) is 4.89. The van der Waals surface area contributed by atoms with Crippen molar-refractivity contribution in [2.75, 3.05) is 0 Å². The maximum atomic E-state index is 5.88. The van der Waals surface area contributed by atoms with E-state index < -0.39 is 0 Å². The van der Waals surface area contributed by atoms with Crippen LogP contribution < -0.4 is 0 Å². The molecule has 0 spiro atoms. The lowest BCUT2D eigenvalue weighted by Crippen LogP contribution is -1.97. The van der Waals surface area contributed by atoms with Crippen molar-refractivity contribution < 1.29 is 0 Å². The van der Waals surface area contributed by atoms with Crippen molar-refractivity contribution in [1.29, 1.82) is 0 Å². The molecule has 0 aromatic carbocycles. The summed E-state index contributed by atoms with van der Waals surface area (Å²) in [7, 11) is 0. The second-order valence-corrected chi connectivity index (χ2v) is 4.07. The molecule has 0 unspecified atom stereocenters. The molecule has 0 aliphatic heterocycles. The zero-order valence-electron chi connectivity index (χ0n) is 9.05. The molecule has 0 N–H and O–H groups in total. The van der Waals surface area contributed by atoms with E-state index in [0.29, 0.717) is 5.92 Å². The van der Waals surface area contributed by atoms with E-state index in [2.05, 4.69) is 33.8 Å². The van der Waals surface area contributed by atoms with Crippen LogP contribution in [-0.4, -0.2) is 19.9 Å². The highest BCUT2D eigenvalue weighted by Crippen LogP contribution is 2.21. The molecule has 16 heavy (non-hydrogen) atoms. The van der Waals surface area contributed by atoms with E-state index in [1.54, 1.807) is 12.4 Å². The van der Waals surface area contributed by atoms with Gasteiger partial charge >= 0.3 is 0 Å². The van der Waals surface area contributed by atoms with Crippen LogP contribution in [0.25, 0.3) is 11.3 Å². The summed E-state index contributed by atoms with van der Waals surface area (Å²) in [5.41, 5.74) is 2.51. The Morgan fingerprint density at radius 3 is 2.44 bits per heavy atom. The van der Waals surface area contributed by atoms with Crippen molar-refractivity contribution in [3.8, 4) is 11.3 Å². The van der Waals surface area contributed by atoms with E-state index >= 15 is 0 Å². The quantitative estimate of drug-likeness (QED) is 0.750. The molecule has 0 radical (unpaired) electrons. The summed E-state index contributed by atoms with van der Waals surface area (Å²) in [6, 6.07) is 1.91. The number of hydrogen-bond acceptors (Lipinski definition) is 4. The van der Waals surface area contributed by atoms with Crippen LogP contribution in [0, 0.1) is 0 Å². The van der Waals surface area contributed by atoms with Crippen LogP contribution in [0.15, 0.2) is 24.8 Å². The van der Waals surface area contributed by atoms with Gasteiger partial charge in [-0.25, -0.2) is 19.9 Å². The topological polar surface area (TPSA) is 51.6 Å². The largest absolute Gasteiger partial charge is 0.244 e. The number of hydrogen-bond donors (Lipinski definition) is 0. The minimum Gasteiger partial charge on any atom is -0.244 e. The Balaban J connectivity index is 2.50.